The first-order valence-corrected chi connectivity index (χ1v) is 14.1. The van der Waals surface area contributed by atoms with Crippen molar-refractivity contribution in [1.82, 2.24) is 5.32 Å². The topological polar surface area (TPSA) is 21.3 Å². The van der Waals surface area contributed by atoms with Crippen LogP contribution in [0.25, 0.3) is 10.8 Å². The normalized spacial score (nSPS) is 40.1. The van der Waals surface area contributed by atoms with Gasteiger partial charge in [0.1, 0.15) is 0 Å². The zero-order chi connectivity index (χ0) is 24.1. The average Bonchev–Trinajstić information content (AvgIpc) is 3.33. The maximum absolute atomic E-state index is 7.48. The Balaban J connectivity index is 1.24. The molecule has 2 heterocycles. The Morgan fingerprint density at radius 1 is 0.971 bits per heavy atom. The summed E-state index contributed by atoms with van der Waals surface area (Å²) in [6, 6.07) is 16.6. The number of ether oxygens (including phenoxy) is 1. The highest BCUT2D eigenvalue weighted by atomic mass is 16.5. The number of rotatable bonds is 2. The molecule has 2 heteroatoms. The molecule has 1 saturated heterocycles. The number of allylic oxidation sites excluding steroid dienone is 1. The molecule has 2 aromatic rings. The van der Waals surface area contributed by atoms with Crippen LogP contribution < -0.4 is 5.32 Å². The maximum Gasteiger partial charge on any atom is 0.0974 e. The Kier molecular flexibility index (Phi) is 4.67. The van der Waals surface area contributed by atoms with Crippen LogP contribution in [0.4, 0.5) is 0 Å². The molecule has 1 N–H and O–H groups in total. The Morgan fingerprint density at radius 3 is 2.63 bits per heavy atom. The van der Waals surface area contributed by atoms with Crippen LogP contribution in [-0.4, -0.2) is 22.8 Å². The van der Waals surface area contributed by atoms with Crippen LogP contribution in [0.2, 0.25) is 0 Å². The summed E-state index contributed by atoms with van der Waals surface area (Å²) in [6.07, 6.45) is 14.9. The highest BCUT2D eigenvalue weighted by Gasteiger charge is 2.66. The van der Waals surface area contributed by atoms with Crippen molar-refractivity contribution in [2.75, 3.05) is 0 Å². The SMILES string of the molecule is CC(C)(C)N[C@@H]1CCC2=CC3=CC[C@]4(C)[C@@H](c5ccc6ccccc6c5)CC[C@H]4[C@@]34CC[C@]2(C1)O4. The van der Waals surface area contributed by atoms with Crippen LogP contribution in [0.5, 0.6) is 0 Å². The van der Waals surface area contributed by atoms with Gasteiger partial charge >= 0.3 is 0 Å². The molecule has 7 rings (SSSR count). The fraction of sp³-hybridized carbons (Fsp3) is 0.576. The van der Waals surface area contributed by atoms with Crippen molar-refractivity contribution in [3.8, 4) is 0 Å². The molecule has 3 fully saturated rings. The Hall–Kier alpha value is -1.90. The number of benzene rings is 2. The third-order valence-electron chi connectivity index (χ3n) is 10.5. The van der Waals surface area contributed by atoms with E-state index in [0.29, 0.717) is 17.9 Å². The lowest BCUT2D eigenvalue weighted by molar-refractivity contribution is -0.136. The monoisotopic (exact) mass is 467 g/mol. The van der Waals surface area contributed by atoms with Gasteiger partial charge in [-0.25, -0.2) is 0 Å². The fourth-order valence-corrected chi connectivity index (χ4v) is 9.12. The molecule has 35 heavy (non-hydrogen) atoms. The highest BCUT2D eigenvalue weighted by Crippen LogP contribution is 2.69. The standard InChI is InChI=1S/C33H41NO/c1-30(2,3)34-27-12-11-25-20-26-15-16-31(4)28(24-10-9-22-7-5-6-8-23(22)19-24)13-14-29(31)33(26)18-17-32(25,21-27)35-33/h5-10,15,19-20,27-29,34H,11-14,16-18,21H2,1-4H3/t27-,28-,29-,31-,32-,33-/m1/s1. The fourth-order valence-electron chi connectivity index (χ4n) is 9.12. The quantitative estimate of drug-likeness (QED) is 0.486. The molecular weight excluding hydrogens is 426 g/mol. The van der Waals surface area contributed by atoms with Crippen LogP contribution in [0.15, 0.2) is 65.8 Å². The summed E-state index contributed by atoms with van der Waals surface area (Å²) in [4.78, 5) is 0. The lowest BCUT2D eigenvalue weighted by Crippen LogP contribution is -2.56. The second-order valence-corrected chi connectivity index (χ2v) is 13.6. The van der Waals surface area contributed by atoms with Gasteiger partial charge in [0.05, 0.1) is 11.2 Å². The molecule has 0 unspecified atom stereocenters. The zero-order valence-corrected chi connectivity index (χ0v) is 22.0. The van der Waals surface area contributed by atoms with Gasteiger partial charge in [-0.1, -0.05) is 61.5 Å². The second kappa shape index (κ2) is 7.33. The van der Waals surface area contributed by atoms with Crippen LogP contribution in [0.1, 0.15) is 90.5 Å². The molecule has 2 aromatic carbocycles. The lowest BCUT2D eigenvalue weighted by atomic mass is 9.58. The van der Waals surface area contributed by atoms with E-state index >= 15 is 0 Å². The van der Waals surface area contributed by atoms with Gasteiger partial charge in [-0.15, -0.1) is 0 Å². The molecule has 0 aromatic heterocycles. The summed E-state index contributed by atoms with van der Waals surface area (Å²) in [6.45, 7) is 9.48. The molecule has 0 radical (unpaired) electrons. The number of hydrogen-bond donors (Lipinski definition) is 1. The minimum atomic E-state index is -0.0638. The van der Waals surface area contributed by atoms with Crippen LogP contribution >= 0.6 is 0 Å². The van der Waals surface area contributed by atoms with E-state index in [-0.39, 0.29) is 22.2 Å². The predicted octanol–water partition coefficient (Wildman–Crippen LogP) is 7.84. The number of fused-ring (bicyclic) bond motifs is 2. The van der Waals surface area contributed by atoms with Crippen LogP contribution in [0, 0.1) is 11.3 Å². The summed E-state index contributed by atoms with van der Waals surface area (Å²) in [5, 5.41) is 6.64. The van der Waals surface area contributed by atoms with Gasteiger partial charge in [-0.3, -0.25) is 0 Å². The lowest BCUT2D eigenvalue weighted by Gasteiger charge is -2.54. The Morgan fingerprint density at radius 2 is 1.80 bits per heavy atom. The van der Waals surface area contributed by atoms with E-state index < -0.39 is 0 Å². The van der Waals surface area contributed by atoms with E-state index in [1.807, 2.05) is 0 Å². The van der Waals surface area contributed by atoms with Gasteiger partial charge < -0.3 is 10.1 Å². The van der Waals surface area contributed by atoms with Gasteiger partial charge in [0.2, 0.25) is 0 Å². The third-order valence-corrected chi connectivity index (χ3v) is 10.5. The molecule has 6 atom stereocenters. The Labute approximate surface area is 211 Å². The first-order chi connectivity index (χ1) is 16.7. The Bertz CT molecular complexity index is 1250. The largest absolute Gasteiger partial charge is 0.359 e. The molecule has 2 aliphatic heterocycles. The van der Waals surface area contributed by atoms with Gasteiger partial charge in [0.15, 0.2) is 0 Å². The van der Waals surface area contributed by atoms with E-state index in [4.69, 9.17) is 4.74 Å². The molecule has 2 saturated carbocycles. The summed E-state index contributed by atoms with van der Waals surface area (Å²) in [5.74, 6) is 1.22. The van der Waals surface area contributed by atoms with Crippen molar-refractivity contribution in [3.63, 3.8) is 0 Å². The van der Waals surface area contributed by atoms with Gasteiger partial charge in [-0.2, -0.15) is 0 Å². The van der Waals surface area contributed by atoms with Gasteiger partial charge in [0.25, 0.3) is 0 Å². The summed E-state index contributed by atoms with van der Waals surface area (Å²) < 4.78 is 7.48. The van der Waals surface area contributed by atoms with Crippen molar-refractivity contribution in [2.24, 2.45) is 11.3 Å². The smallest absolute Gasteiger partial charge is 0.0974 e. The van der Waals surface area contributed by atoms with Crippen LogP contribution in [-0.2, 0) is 4.74 Å². The van der Waals surface area contributed by atoms with E-state index in [0.717, 1.165) is 6.42 Å². The summed E-state index contributed by atoms with van der Waals surface area (Å²) in [5.41, 5.74) is 4.99. The zero-order valence-electron chi connectivity index (χ0n) is 22.0. The third kappa shape index (κ3) is 3.22. The van der Waals surface area contributed by atoms with Crippen LogP contribution in [0.3, 0.4) is 0 Å². The van der Waals surface area contributed by atoms with Crippen molar-refractivity contribution >= 4 is 10.8 Å². The first kappa shape index (κ1) is 22.3. The molecule has 3 aliphatic carbocycles. The highest BCUT2D eigenvalue weighted by molar-refractivity contribution is 5.83. The summed E-state index contributed by atoms with van der Waals surface area (Å²) >= 11 is 0. The molecule has 2 spiro atoms. The maximum atomic E-state index is 7.48. The molecular formula is C33H41NO. The van der Waals surface area contributed by atoms with Crippen molar-refractivity contribution in [3.05, 3.63) is 71.3 Å². The van der Waals surface area contributed by atoms with Gasteiger partial charge in [-0.05, 0) is 117 Å². The predicted molar refractivity (Wildman–Crippen MR) is 145 cm³/mol. The van der Waals surface area contributed by atoms with Gasteiger partial charge in [0, 0.05) is 11.6 Å². The van der Waals surface area contributed by atoms with Crippen molar-refractivity contribution < 1.29 is 4.74 Å². The molecule has 5 aliphatic rings. The average molecular weight is 468 g/mol. The number of nitrogens with one attached hydrogen (secondary N) is 1. The minimum absolute atomic E-state index is 0.0300. The van der Waals surface area contributed by atoms with E-state index in [2.05, 4.69) is 87.6 Å². The molecule has 0 amide bonds. The van der Waals surface area contributed by atoms with Crippen molar-refractivity contribution in [2.45, 2.75) is 108 Å². The van der Waals surface area contributed by atoms with E-state index in [9.17, 15) is 0 Å². The van der Waals surface area contributed by atoms with E-state index in [1.54, 1.807) is 5.57 Å². The molecule has 2 bridgehead atoms. The molecule has 2 nitrogen and oxygen atoms in total. The minimum Gasteiger partial charge on any atom is -0.359 e. The van der Waals surface area contributed by atoms with Crippen molar-refractivity contribution in [1.29, 1.82) is 0 Å². The molecule has 184 valence electrons. The number of hydrogen-bond acceptors (Lipinski definition) is 2. The summed E-state index contributed by atoms with van der Waals surface area (Å²) in [7, 11) is 0. The first-order valence-electron chi connectivity index (χ1n) is 14.1. The van der Waals surface area contributed by atoms with E-state index in [1.165, 1.54) is 66.9 Å². The second-order valence-electron chi connectivity index (χ2n) is 13.6.